The van der Waals surface area contributed by atoms with Gasteiger partial charge in [-0.05, 0) is 42.3 Å². The molecule has 23 heavy (non-hydrogen) atoms. The lowest BCUT2D eigenvalue weighted by Crippen LogP contribution is -2.23. The molecule has 0 unspecified atom stereocenters. The number of amides is 2. The maximum absolute atomic E-state index is 11.8. The SMILES string of the molecule is C#CCNC(=O)c1ccc(-c2ccc(C(=O)NCC)cc2)cc1. The molecule has 2 rings (SSSR count). The third-order valence-electron chi connectivity index (χ3n) is 3.32. The van der Waals surface area contributed by atoms with Crippen molar-refractivity contribution >= 4 is 11.8 Å². The van der Waals surface area contributed by atoms with Gasteiger partial charge < -0.3 is 10.6 Å². The van der Waals surface area contributed by atoms with Gasteiger partial charge in [-0.15, -0.1) is 6.42 Å². The second-order valence-electron chi connectivity index (χ2n) is 4.90. The van der Waals surface area contributed by atoms with Crippen molar-refractivity contribution in [2.45, 2.75) is 6.92 Å². The number of hydrogen-bond donors (Lipinski definition) is 2. The van der Waals surface area contributed by atoms with E-state index in [9.17, 15) is 9.59 Å². The summed E-state index contributed by atoms with van der Waals surface area (Å²) >= 11 is 0. The van der Waals surface area contributed by atoms with Crippen LogP contribution in [0.3, 0.4) is 0 Å². The van der Waals surface area contributed by atoms with Gasteiger partial charge in [0.15, 0.2) is 0 Å². The molecule has 2 amide bonds. The van der Waals surface area contributed by atoms with Crippen molar-refractivity contribution in [3.05, 3.63) is 59.7 Å². The zero-order valence-electron chi connectivity index (χ0n) is 12.9. The van der Waals surface area contributed by atoms with E-state index >= 15 is 0 Å². The fraction of sp³-hybridized carbons (Fsp3) is 0.158. The molecular formula is C19H18N2O2. The number of hydrogen-bond acceptors (Lipinski definition) is 2. The first-order valence-corrected chi connectivity index (χ1v) is 7.36. The second kappa shape index (κ2) is 7.81. The summed E-state index contributed by atoms with van der Waals surface area (Å²) in [4.78, 5) is 23.5. The summed E-state index contributed by atoms with van der Waals surface area (Å²) in [5.74, 6) is 2.09. The zero-order chi connectivity index (χ0) is 16.7. The first-order chi connectivity index (χ1) is 11.2. The van der Waals surface area contributed by atoms with E-state index in [2.05, 4.69) is 16.6 Å². The van der Waals surface area contributed by atoms with Crippen molar-refractivity contribution < 1.29 is 9.59 Å². The van der Waals surface area contributed by atoms with Crippen molar-refractivity contribution in [1.29, 1.82) is 0 Å². The summed E-state index contributed by atoms with van der Waals surface area (Å²) in [5.41, 5.74) is 3.14. The molecule has 0 radical (unpaired) electrons. The molecule has 0 saturated heterocycles. The smallest absolute Gasteiger partial charge is 0.252 e. The molecule has 2 N–H and O–H groups in total. The Morgan fingerprint density at radius 3 is 1.70 bits per heavy atom. The van der Waals surface area contributed by atoms with Crippen molar-refractivity contribution in [3.63, 3.8) is 0 Å². The molecule has 2 aromatic carbocycles. The Morgan fingerprint density at radius 1 is 0.870 bits per heavy atom. The van der Waals surface area contributed by atoms with Crippen LogP contribution in [-0.2, 0) is 0 Å². The van der Waals surface area contributed by atoms with Crippen molar-refractivity contribution in [1.82, 2.24) is 10.6 Å². The van der Waals surface area contributed by atoms with Gasteiger partial charge >= 0.3 is 0 Å². The van der Waals surface area contributed by atoms with Gasteiger partial charge in [-0.3, -0.25) is 9.59 Å². The summed E-state index contributed by atoms with van der Waals surface area (Å²) in [6.45, 7) is 2.69. The Labute approximate surface area is 135 Å². The minimum Gasteiger partial charge on any atom is -0.352 e. The monoisotopic (exact) mass is 306 g/mol. The Balaban J connectivity index is 2.12. The van der Waals surface area contributed by atoms with Crippen molar-refractivity contribution in [2.75, 3.05) is 13.1 Å². The van der Waals surface area contributed by atoms with E-state index < -0.39 is 0 Å². The highest BCUT2D eigenvalue weighted by atomic mass is 16.2. The third kappa shape index (κ3) is 4.21. The number of rotatable bonds is 5. The van der Waals surface area contributed by atoms with Crippen LogP contribution >= 0.6 is 0 Å². The Morgan fingerprint density at radius 2 is 1.30 bits per heavy atom. The van der Waals surface area contributed by atoms with E-state index in [0.717, 1.165) is 11.1 Å². The van der Waals surface area contributed by atoms with Crippen molar-refractivity contribution in [3.8, 4) is 23.5 Å². The minimum absolute atomic E-state index is 0.0837. The predicted octanol–water partition coefficient (Wildman–Crippen LogP) is 2.47. The number of benzene rings is 2. The highest BCUT2D eigenvalue weighted by molar-refractivity contribution is 5.95. The van der Waals surface area contributed by atoms with Crippen LogP contribution in [0.4, 0.5) is 0 Å². The average Bonchev–Trinajstić information content (AvgIpc) is 2.60. The minimum atomic E-state index is -0.193. The summed E-state index contributed by atoms with van der Waals surface area (Å²) in [6, 6.07) is 14.6. The molecule has 0 fully saturated rings. The van der Waals surface area contributed by atoms with E-state index in [1.807, 2.05) is 31.2 Å². The van der Waals surface area contributed by atoms with Crippen LogP contribution in [0.2, 0.25) is 0 Å². The van der Waals surface area contributed by atoms with Gasteiger partial charge in [0.1, 0.15) is 0 Å². The molecule has 116 valence electrons. The third-order valence-corrected chi connectivity index (χ3v) is 3.32. The van der Waals surface area contributed by atoms with Crippen LogP contribution in [0.5, 0.6) is 0 Å². The number of nitrogens with one attached hydrogen (secondary N) is 2. The fourth-order valence-electron chi connectivity index (χ4n) is 2.12. The molecule has 0 saturated carbocycles. The number of terminal acetylenes is 1. The Bertz CT molecular complexity index is 725. The number of carbonyl (C=O) groups is 2. The predicted molar refractivity (Wildman–Crippen MR) is 91.1 cm³/mol. The molecular weight excluding hydrogens is 288 g/mol. The molecule has 0 aliphatic carbocycles. The highest BCUT2D eigenvalue weighted by Gasteiger charge is 2.06. The molecule has 0 aliphatic rings. The largest absolute Gasteiger partial charge is 0.352 e. The lowest BCUT2D eigenvalue weighted by atomic mass is 10.0. The quantitative estimate of drug-likeness (QED) is 0.834. The molecule has 0 aromatic heterocycles. The lowest BCUT2D eigenvalue weighted by Gasteiger charge is -2.06. The normalized spacial score (nSPS) is 9.74. The van der Waals surface area contributed by atoms with Crippen molar-refractivity contribution in [2.24, 2.45) is 0 Å². The molecule has 2 aromatic rings. The molecule has 0 atom stereocenters. The number of carbonyl (C=O) groups excluding carboxylic acids is 2. The van der Waals surface area contributed by atoms with Crippen LogP contribution in [0.15, 0.2) is 48.5 Å². The van der Waals surface area contributed by atoms with Crippen LogP contribution in [0, 0.1) is 12.3 Å². The van der Waals surface area contributed by atoms with Crippen LogP contribution in [-0.4, -0.2) is 24.9 Å². The van der Waals surface area contributed by atoms with Gasteiger partial charge in [0.25, 0.3) is 11.8 Å². The molecule has 0 heterocycles. The first kappa shape index (κ1) is 16.3. The molecule has 0 bridgehead atoms. The second-order valence-corrected chi connectivity index (χ2v) is 4.90. The average molecular weight is 306 g/mol. The van der Waals surface area contributed by atoms with E-state index in [4.69, 9.17) is 6.42 Å². The van der Waals surface area contributed by atoms with Gasteiger partial charge in [0.05, 0.1) is 6.54 Å². The van der Waals surface area contributed by atoms with Gasteiger partial charge in [-0.1, -0.05) is 30.2 Å². The summed E-state index contributed by atoms with van der Waals surface area (Å²) in [6.07, 6.45) is 5.11. The van der Waals surface area contributed by atoms with E-state index in [-0.39, 0.29) is 18.4 Å². The van der Waals surface area contributed by atoms with Crippen LogP contribution in [0.1, 0.15) is 27.6 Å². The summed E-state index contributed by atoms with van der Waals surface area (Å²) < 4.78 is 0. The maximum atomic E-state index is 11.8. The van der Waals surface area contributed by atoms with Gasteiger partial charge in [-0.25, -0.2) is 0 Å². The molecule has 4 nitrogen and oxygen atoms in total. The topological polar surface area (TPSA) is 58.2 Å². The maximum Gasteiger partial charge on any atom is 0.252 e. The standard InChI is InChI=1S/C19H18N2O2/c1-3-13-21-19(23)17-11-7-15(8-12-17)14-5-9-16(10-6-14)18(22)20-4-2/h1,5-12H,4,13H2,2H3,(H,20,22)(H,21,23). The lowest BCUT2D eigenvalue weighted by molar-refractivity contribution is 0.0949. The summed E-state index contributed by atoms with van der Waals surface area (Å²) in [7, 11) is 0. The van der Waals surface area contributed by atoms with E-state index in [1.54, 1.807) is 24.3 Å². The zero-order valence-corrected chi connectivity index (χ0v) is 12.9. The Kier molecular flexibility index (Phi) is 5.54. The highest BCUT2D eigenvalue weighted by Crippen LogP contribution is 2.20. The van der Waals surface area contributed by atoms with Gasteiger partial charge in [0, 0.05) is 17.7 Å². The molecule has 0 aliphatic heterocycles. The fourth-order valence-corrected chi connectivity index (χ4v) is 2.12. The first-order valence-electron chi connectivity index (χ1n) is 7.36. The van der Waals surface area contributed by atoms with Crippen LogP contribution < -0.4 is 10.6 Å². The van der Waals surface area contributed by atoms with E-state index in [1.165, 1.54) is 0 Å². The molecule has 0 spiro atoms. The van der Waals surface area contributed by atoms with Gasteiger partial charge in [0.2, 0.25) is 0 Å². The van der Waals surface area contributed by atoms with E-state index in [0.29, 0.717) is 17.7 Å². The Hall–Kier alpha value is -3.06. The van der Waals surface area contributed by atoms with Crippen LogP contribution in [0.25, 0.3) is 11.1 Å². The van der Waals surface area contributed by atoms with Gasteiger partial charge in [-0.2, -0.15) is 0 Å². The molecule has 4 heteroatoms. The summed E-state index contributed by atoms with van der Waals surface area (Å²) in [5, 5.41) is 5.38.